The van der Waals surface area contributed by atoms with Crippen molar-refractivity contribution >= 4 is 44.8 Å². The van der Waals surface area contributed by atoms with Gasteiger partial charge in [-0.2, -0.15) is 5.10 Å². The van der Waals surface area contributed by atoms with Gasteiger partial charge < -0.3 is 19.5 Å². The number of carboxylic acid groups (broad SMARTS) is 1. The molecule has 0 unspecified atom stereocenters. The molecule has 170 valence electrons. The van der Waals surface area contributed by atoms with Gasteiger partial charge in [0.15, 0.2) is 5.76 Å². The van der Waals surface area contributed by atoms with E-state index < -0.39 is 6.09 Å². The Morgan fingerprint density at radius 3 is 2.79 bits per heavy atom. The van der Waals surface area contributed by atoms with E-state index in [9.17, 15) is 14.7 Å². The van der Waals surface area contributed by atoms with Gasteiger partial charge in [0.1, 0.15) is 11.5 Å². The van der Waals surface area contributed by atoms with Crippen LogP contribution in [0.25, 0.3) is 17.0 Å². The fraction of sp³-hybridized carbons (Fsp3) is 0.261. The Morgan fingerprint density at radius 2 is 2.06 bits per heavy atom. The molecule has 3 heterocycles. The third kappa shape index (κ3) is 3.96. The third-order valence-electron chi connectivity index (χ3n) is 5.96. The lowest BCUT2D eigenvalue weighted by Gasteiger charge is -2.33. The highest BCUT2D eigenvalue weighted by Crippen LogP contribution is 2.41. The zero-order chi connectivity index (χ0) is 23.1. The zero-order valence-electron chi connectivity index (χ0n) is 17.8. The van der Waals surface area contributed by atoms with Crippen LogP contribution in [0.1, 0.15) is 21.6 Å². The standard InChI is InChI=1S/C23H21BrN4O5/c1-32-19-5-3-14-21(29)20(11-18-15-10-13(24)2-4-17(15)25-26-18)33-22(14)16(19)12-27-6-8-28(9-7-27)23(30)31/h2-5,10-11H,6-9,12H2,1H3,(H,25,26)(H,30,31). The van der Waals surface area contributed by atoms with Crippen LogP contribution < -0.4 is 9.47 Å². The maximum Gasteiger partial charge on any atom is 0.407 e. The molecule has 0 spiro atoms. The van der Waals surface area contributed by atoms with Crippen LogP contribution in [0, 0.1) is 0 Å². The highest BCUT2D eigenvalue weighted by atomic mass is 79.9. The molecule has 9 nitrogen and oxygen atoms in total. The first-order valence-corrected chi connectivity index (χ1v) is 11.2. The molecule has 2 aliphatic heterocycles. The number of rotatable bonds is 4. The van der Waals surface area contributed by atoms with E-state index >= 15 is 0 Å². The Bertz CT molecular complexity index is 1290. The van der Waals surface area contributed by atoms with Crippen molar-refractivity contribution in [1.82, 2.24) is 20.0 Å². The predicted molar refractivity (Wildman–Crippen MR) is 125 cm³/mol. The normalized spacial score (nSPS) is 17.5. The lowest BCUT2D eigenvalue weighted by Crippen LogP contribution is -2.47. The molecule has 0 bridgehead atoms. The number of hydrogen-bond acceptors (Lipinski definition) is 6. The highest BCUT2D eigenvalue weighted by Gasteiger charge is 2.33. The van der Waals surface area contributed by atoms with E-state index in [1.165, 1.54) is 4.90 Å². The van der Waals surface area contributed by atoms with Gasteiger partial charge in [-0.25, -0.2) is 4.79 Å². The number of carbonyl (C=O) groups is 2. The van der Waals surface area contributed by atoms with Crippen LogP contribution in [0.4, 0.5) is 4.79 Å². The molecule has 0 aliphatic carbocycles. The van der Waals surface area contributed by atoms with Gasteiger partial charge in [-0.15, -0.1) is 0 Å². The van der Waals surface area contributed by atoms with E-state index in [4.69, 9.17) is 9.47 Å². The van der Waals surface area contributed by atoms with E-state index in [0.29, 0.717) is 55.5 Å². The number of allylic oxidation sites excluding steroid dienone is 1. The molecule has 1 saturated heterocycles. The minimum Gasteiger partial charge on any atom is -0.496 e. The number of halogens is 1. The Kier molecular flexibility index (Phi) is 5.55. The molecule has 1 fully saturated rings. The summed E-state index contributed by atoms with van der Waals surface area (Å²) in [5, 5.41) is 17.3. The largest absolute Gasteiger partial charge is 0.496 e. The van der Waals surface area contributed by atoms with E-state index in [2.05, 4.69) is 31.0 Å². The van der Waals surface area contributed by atoms with Crippen LogP contribution >= 0.6 is 15.9 Å². The number of methoxy groups -OCH3 is 1. The summed E-state index contributed by atoms with van der Waals surface area (Å²) >= 11 is 3.47. The zero-order valence-corrected chi connectivity index (χ0v) is 19.4. The van der Waals surface area contributed by atoms with Crippen molar-refractivity contribution in [3.8, 4) is 11.5 Å². The summed E-state index contributed by atoms with van der Waals surface area (Å²) in [6.45, 7) is 2.52. The van der Waals surface area contributed by atoms with Gasteiger partial charge in [-0.3, -0.25) is 14.8 Å². The summed E-state index contributed by atoms with van der Waals surface area (Å²) in [4.78, 5) is 27.8. The number of piperazine rings is 1. The summed E-state index contributed by atoms with van der Waals surface area (Å²) in [5.74, 6) is 1.09. The topological polar surface area (TPSA) is 108 Å². The van der Waals surface area contributed by atoms with E-state index in [-0.39, 0.29) is 11.5 Å². The van der Waals surface area contributed by atoms with E-state index in [1.807, 2.05) is 18.2 Å². The van der Waals surface area contributed by atoms with Crippen LogP contribution in [0.2, 0.25) is 0 Å². The van der Waals surface area contributed by atoms with Crippen LogP contribution in [0.5, 0.6) is 11.5 Å². The summed E-state index contributed by atoms with van der Waals surface area (Å²) in [6.07, 6.45) is 0.740. The number of benzene rings is 2. The Labute approximate surface area is 197 Å². The molecule has 3 aromatic rings. The number of ether oxygens (including phenoxy) is 2. The number of nitrogens with one attached hydrogen (secondary N) is 1. The molecule has 5 rings (SSSR count). The lowest BCUT2D eigenvalue weighted by molar-refractivity contribution is 0.101. The van der Waals surface area contributed by atoms with Gasteiger partial charge in [-0.1, -0.05) is 15.9 Å². The predicted octanol–water partition coefficient (Wildman–Crippen LogP) is 3.75. The Balaban J connectivity index is 1.45. The molecule has 1 amide bonds. The maximum atomic E-state index is 13.1. The first-order chi connectivity index (χ1) is 15.9. The summed E-state index contributed by atoms with van der Waals surface area (Å²) in [6, 6.07) is 9.24. The third-order valence-corrected chi connectivity index (χ3v) is 6.46. The van der Waals surface area contributed by atoms with Gasteiger partial charge in [0.05, 0.1) is 29.4 Å². The summed E-state index contributed by atoms with van der Waals surface area (Å²) < 4.78 is 12.5. The number of fused-ring (bicyclic) bond motifs is 2. The second-order valence-electron chi connectivity index (χ2n) is 7.91. The fourth-order valence-electron chi connectivity index (χ4n) is 4.19. The van der Waals surface area contributed by atoms with E-state index in [0.717, 1.165) is 20.9 Å². The van der Waals surface area contributed by atoms with Crippen LogP contribution in [-0.2, 0) is 6.54 Å². The number of nitrogens with zero attached hydrogens (tertiary/aromatic N) is 3. The van der Waals surface area contributed by atoms with Crippen molar-refractivity contribution < 1.29 is 24.2 Å². The average Bonchev–Trinajstić information content (AvgIpc) is 3.35. The second-order valence-corrected chi connectivity index (χ2v) is 8.82. The number of amides is 1. The van der Waals surface area contributed by atoms with Crippen LogP contribution in [0.3, 0.4) is 0 Å². The van der Waals surface area contributed by atoms with Crippen molar-refractivity contribution in [1.29, 1.82) is 0 Å². The van der Waals surface area contributed by atoms with Crippen molar-refractivity contribution in [3.05, 3.63) is 57.4 Å². The number of H-pyrrole nitrogens is 1. The minimum absolute atomic E-state index is 0.198. The smallest absolute Gasteiger partial charge is 0.407 e. The summed E-state index contributed by atoms with van der Waals surface area (Å²) in [7, 11) is 1.58. The molecule has 0 saturated carbocycles. The van der Waals surface area contributed by atoms with Crippen LogP contribution in [0.15, 0.2) is 40.6 Å². The molecule has 2 aliphatic rings. The quantitative estimate of drug-likeness (QED) is 0.512. The highest BCUT2D eigenvalue weighted by molar-refractivity contribution is 9.10. The first kappa shape index (κ1) is 21.5. The van der Waals surface area contributed by atoms with Gasteiger partial charge in [0.2, 0.25) is 5.78 Å². The molecule has 33 heavy (non-hydrogen) atoms. The molecular formula is C23H21BrN4O5. The van der Waals surface area contributed by atoms with Crippen molar-refractivity contribution in [2.24, 2.45) is 0 Å². The molecule has 1 aromatic heterocycles. The van der Waals surface area contributed by atoms with Gasteiger partial charge >= 0.3 is 6.09 Å². The number of aromatic nitrogens is 2. The molecule has 0 atom stereocenters. The monoisotopic (exact) mass is 512 g/mol. The molecule has 2 aromatic carbocycles. The molecule has 0 radical (unpaired) electrons. The Hall–Kier alpha value is -3.37. The number of aromatic amines is 1. The fourth-order valence-corrected chi connectivity index (χ4v) is 4.55. The number of ketones is 1. The van der Waals surface area contributed by atoms with Crippen molar-refractivity contribution in [2.45, 2.75) is 6.54 Å². The average molecular weight is 513 g/mol. The van der Waals surface area contributed by atoms with Gasteiger partial charge in [0, 0.05) is 48.7 Å². The van der Waals surface area contributed by atoms with Crippen LogP contribution in [-0.4, -0.2) is 70.3 Å². The van der Waals surface area contributed by atoms with Gasteiger partial charge in [-0.05, 0) is 30.3 Å². The molecule has 2 N–H and O–H groups in total. The lowest BCUT2D eigenvalue weighted by atomic mass is 10.0. The molecule has 10 heteroatoms. The first-order valence-electron chi connectivity index (χ1n) is 10.4. The number of hydrogen-bond donors (Lipinski definition) is 2. The summed E-state index contributed by atoms with van der Waals surface area (Å²) in [5.41, 5.74) is 2.71. The SMILES string of the molecule is COc1ccc2c(c1CN1CCN(C(=O)O)CC1)OC(=Cc1n[nH]c3ccc(Br)cc13)C2=O. The van der Waals surface area contributed by atoms with E-state index in [1.54, 1.807) is 25.3 Å². The van der Waals surface area contributed by atoms with Gasteiger partial charge in [0.25, 0.3) is 0 Å². The maximum absolute atomic E-state index is 13.1. The molecular weight excluding hydrogens is 492 g/mol. The Morgan fingerprint density at radius 1 is 1.27 bits per heavy atom. The second kappa shape index (κ2) is 8.53. The minimum atomic E-state index is -0.908. The number of carbonyl (C=O) groups excluding carboxylic acids is 1. The van der Waals surface area contributed by atoms with Crippen molar-refractivity contribution in [2.75, 3.05) is 33.3 Å². The van der Waals surface area contributed by atoms with Crippen molar-refractivity contribution in [3.63, 3.8) is 0 Å². The number of Topliss-reactive ketones (excluding diaryl/α,β-unsaturated/α-hetero) is 1.